The van der Waals surface area contributed by atoms with Crippen LogP contribution in [0.3, 0.4) is 0 Å². The molecule has 0 heterocycles. The molecular formula is C31H30O4. The van der Waals surface area contributed by atoms with Gasteiger partial charge in [-0.15, -0.1) is 0 Å². The van der Waals surface area contributed by atoms with Crippen molar-refractivity contribution in [2.45, 2.75) is 32.1 Å². The number of carbonyl (C=O) groups excluding carboxylic acids is 2. The maximum atomic E-state index is 12.5. The van der Waals surface area contributed by atoms with Crippen LogP contribution in [-0.4, -0.2) is 25.2 Å². The fraction of sp³-hybridized carbons (Fsp3) is 0.290. The highest BCUT2D eigenvalue weighted by Crippen LogP contribution is 2.31. The Hall–Kier alpha value is -3.66. The van der Waals surface area contributed by atoms with E-state index in [2.05, 4.69) is 0 Å². The van der Waals surface area contributed by atoms with Crippen molar-refractivity contribution in [1.29, 1.82) is 0 Å². The Kier molecular flexibility index (Phi) is 7.08. The van der Waals surface area contributed by atoms with Gasteiger partial charge in [-0.25, -0.2) is 9.59 Å². The molecule has 0 radical (unpaired) electrons. The summed E-state index contributed by atoms with van der Waals surface area (Å²) in [6, 6.07) is 27.4. The summed E-state index contributed by atoms with van der Waals surface area (Å²) in [5.41, 5.74) is 1.20. The lowest BCUT2D eigenvalue weighted by Gasteiger charge is -2.28. The lowest BCUT2D eigenvalue weighted by molar-refractivity contribution is 0.0377. The van der Waals surface area contributed by atoms with Gasteiger partial charge in [-0.3, -0.25) is 0 Å². The van der Waals surface area contributed by atoms with E-state index in [-0.39, 0.29) is 11.9 Å². The summed E-state index contributed by atoms with van der Waals surface area (Å²) < 4.78 is 11.2. The Bertz CT molecular complexity index is 1330. The number of benzene rings is 4. The monoisotopic (exact) mass is 466 g/mol. The summed E-state index contributed by atoms with van der Waals surface area (Å²) in [7, 11) is 0. The molecule has 4 aromatic carbocycles. The maximum Gasteiger partial charge on any atom is 0.338 e. The fourth-order valence-electron chi connectivity index (χ4n) is 5.00. The predicted molar refractivity (Wildman–Crippen MR) is 139 cm³/mol. The van der Waals surface area contributed by atoms with Crippen LogP contribution in [0.15, 0.2) is 84.9 Å². The predicted octanol–water partition coefficient (Wildman–Crippen LogP) is 7.20. The van der Waals surface area contributed by atoms with Gasteiger partial charge < -0.3 is 9.47 Å². The molecule has 0 aliphatic heterocycles. The van der Waals surface area contributed by atoms with Crippen LogP contribution < -0.4 is 0 Å². The summed E-state index contributed by atoms with van der Waals surface area (Å²) >= 11 is 0. The first-order valence-electron chi connectivity index (χ1n) is 12.5. The summed E-state index contributed by atoms with van der Waals surface area (Å²) in [5, 5.41) is 4.32. The van der Waals surface area contributed by atoms with E-state index in [4.69, 9.17) is 9.47 Å². The standard InChI is InChI=1S/C31H30O4/c32-30(28-15-13-24-5-1-3-7-26(24)19-28)34-18-17-22-9-11-23(12-10-22)21-35-31(33)29-16-14-25-6-2-4-8-27(25)20-29/h1-8,13-16,19-20,22-23H,9-12,17-18,21H2. The topological polar surface area (TPSA) is 52.6 Å². The highest BCUT2D eigenvalue weighted by molar-refractivity contribution is 5.96. The SMILES string of the molecule is O=C(OCCC1CCC(COC(=O)c2ccc3ccccc3c2)CC1)c1ccc2ccccc2c1. The third-order valence-corrected chi connectivity index (χ3v) is 7.15. The van der Waals surface area contributed by atoms with Crippen molar-refractivity contribution >= 4 is 33.5 Å². The van der Waals surface area contributed by atoms with Crippen molar-refractivity contribution in [3.05, 3.63) is 96.1 Å². The van der Waals surface area contributed by atoms with Crippen LogP contribution >= 0.6 is 0 Å². The number of rotatable bonds is 7. The molecule has 0 atom stereocenters. The maximum absolute atomic E-state index is 12.5. The van der Waals surface area contributed by atoms with Gasteiger partial charge in [0.25, 0.3) is 0 Å². The first kappa shape index (κ1) is 23.1. The lowest BCUT2D eigenvalue weighted by atomic mass is 9.81. The molecule has 178 valence electrons. The third-order valence-electron chi connectivity index (χ3n) is 7.15. The number of esters is 2. The van der Waals surface area contributed by atoms with E-state index in [1.807, 2.05) is 84.9 Å². The zero-order chi connectivity index (χ0) is 24.0. The normalized spacial score (nSPS) is 17.8. The minimum atomic E-state index is -0.259. The molecular weight excluding hydrogens is 436 g/mol. The molecule has 1 aliphatic rings. The molecule has 0 N–H and O–H groups in total. The molecule has 0 bridgehead atoms. The summed E-state index contributed by atoms with van der Waals surface area (Å²) in [6.45, 7) is 0.910. The van der Waals surface area contributed by atoms with E-state index in [1.54, 1.807) is 0 Å². The van der Waals surface area contributed by atoms with Gasteiger partial charge in [0, 0.05) is 0 Å². The Morgan fingerprint density at radius 3 is 1.66 bits per heavy atom. The van der Waals surface area contributed by atoms with E-state index < -0.39 is 0 Å². The van der Waals surface area contributed by atoms with E-state index in [0.29, 0.717) is 36.2 Å². The molecule has 0 aromatic heterocycles. The molecule has 0 amide bonds. The second kappa shape index (κ2) is 10.7. The van der Waals surface area contributed by atoms with Crippen molar-refractivity contribution in [1.82, 2.24) is 0 Å². The Morgan fingerprint density at radius 1 is 0.600 bits per heavy atom. The largest absolute Gasteiger partial charge is 0.462 e. The molecule has 1 saturated carbocycles. The minimum absolute atomic E-state index is 0.251. The zero-order valence-corrected chi connectivity index (χ0v) is 19.8. The van der Waals surface area contributed by atoms with Gasteiger partial charge in [-0.2, -0.15) is 0 Å². The summed E-state index contributed by atoms with van der Waals surface area (Å²) in [4.78, 5) is 25.0. The van der Waals surface area contributed by atoms with Crippen LogP contribution in [-0.2, 0) is 9.47 Å². The van der Waals surface area contributed by atoms with Crippen molar-refractivity contribution < 1.29 is 19.1 Å². The van der Waals surface area contributed by atoms with Crippen molar-refractivity contribution in [3.8, 4) is 0 Å². The number of hydrogen-bond acceptors (Lipinski definition) is 4. The Balaban J connectivity index is 1.03. The van der Waals surface area contributed by atoms with Crippen molar-refractivity contribution in [2.24, 2.45) is 11.8 Å². The first-order valence-corrected chi connectivity index (χ1v) is 12.5. The van der Waals surface area contributed by atoms with Crippen LogP contribution in [0, 0.1) is 11.8 Å². The molecule has 4 heteroatoms. The first-order chi connectivity index (χ1) is 17.2. The number of ether oxygens (including phenoxy) is 2. The highest BCUT2D eigenvalue weighted by atomic mass is 16.5. The van der Waals surface area contributed by atoms with Gasteiger partial charge in [-0.05, 0) is 89.8 Å². The van der Waals surface area contributed by atoms with E-state index in [1.165, 1.54) is 0 Å². The molecule has 1 aliphatic carbocycles. The number of carbonyl (C=O) groups is 2. The van der Waals surface area contributed by atoms with Crippen LogP contribution in [0.2, 0.25) is 0 Å². The van der Waals surface area contributed by atoms with E-state index in [9.17, 15) is 9.59 Å². The second-order valence-corrected chi connectivity index (χ2v) is 9.53. The molecule has 4 nitrogen and oxygen atoms in total. The van der Waals surface area contributed by atoms with Crippen LogP contribution in [0.5, 0.6) is 0 Å². The zero-order valence-electron chi connectivity index (χ0n) is 19.8. The lowest BCUT2D eigenvalue weighted by Crippen LogP contribution is -2.21. The van der Waals surface area contributed by atoms with Crippen LogP contribution in [0.4, 0.5) is 0 Å². The third kappa shape index (κ3) is 5.71. The molecule has 4 aromatic rings. The number of hydrogen-bond donors (Lipinski definition) is 0. The molecule has 5 rings (SSSR count). The quantitative estimate of drug-likeness (QED) is 0.270. The van der Waals surface area contributed by atoms with E-state index >= 15 is 0 Å². The smallest absolute Gasteiger partial charge is 0.338 e. The van der Waals surface area contributed by atoms with Crippen molar-refractivity contribution in [2.75, 3.05) is 13.2 Å². The van der Waals surface area contributed by atoms with Gasteiger partial charge in [0.05, 0.1) is 24.3 Å². The summed E-state index contributed by atoms with van der Waals surface area (Å²) in [6.07, 6.45) is 5.10. The van der Waals surface area contributed by atoms with Crippen LogP contribution in [0.1, 0.15) is 52.8 Å². The Labute approximate surface area is 205 Å². The van der Waals surface area contributed by atoms with E-state index in [0.717, 1.165) is 53.6 Å². The average Bonchev–Trinajstić information content (AvgIpc) is 2.91. The molecule has 0 unspecified atom stereocenters. The Morgan fingerprint density at radius 2 is 1.09 bits per heavy atom. The number of fused-ring (bicyclic) bond motifs is 2. The van der Waals surface area contributed by atoms with Gasteiger partial charge in [0.1, 0.15) is 0 Å². The second-order valence-electron chi connectivity index (χ2n) is 9.53. The minimum Gasteiger partial charge on any atom is -0.462 e. The summed E-state index contributed by atoms with van der Waals surface area (Å²) in [5.74, 6) is 0.436. The van der Waals surface area contributed by atoms with Crippen LogP contribution in [0.25, 0.3) is 21.5 Å². The fourth-order valence-corrected chi connectivity index (χ4v) is 5.00. The average molecular weight is 467 g/mol. The van der Waals surface area contributed by atoms with Gasteiger partial charge in [0.15, 0.2) is 0 Å². The molecule has 1 fully saturated rings. The van der Waals surface area contributed by atoms with Gasteiger partial charge >= 0.3 is 11.9 Å². The van der Waals surface area contributed by atoms with Gasteiger partial charge in [-0.1, -0.05) is 60.7 Å². The van der Waals surface area contributed by atoms with Gasteiger partial charge in [0.2, 0.25) is 0 Å². The molecule has 0 spiro atoms. The molecule has 0 saturated heterocycles. The highest BCUT2D eigenvalue weighted by Gasteiger charge is 2.23. The van der Waals surface area contributed by atoms with Crippen molar-refractivity contribution in [3.63, 3.8) is 0 Å². The molecule has 35 heavy (non-hydrogen) atoms.